The third-order valence-corrected chi connectivity index (χ3v) is 2.68. The van der Waals surface area contributed by atoms with Gasteiger partial charge in [-0.25, -0.2) is 9.59 Å². The molecule has 0 aromatic heterocycles. The van der Waals surface area contributed by atoms with Gasteiger partial charge in [-0.05, 0) is 31.4 Å². The van der Waals surface area contributed by atoms with Crippen LogP contribution in [0.25, 0.3) is 0 Å². The number of ether oxygens (including phenoxy) is 1. The lowest BCUT2D eigenvalue weighted by Crippen LogP contribution is -2.17. The minimum atomic E-state index is -1.04. The number of unbranched alkanes of at least 4 members (excludes halogenated alkanes) is 1. The minimum absolute atomic E-state index is 0.143. The zero-order valence-corrected chi connectivity index (χ0v) is 11.2. The first-order valence-corrected chi connectivity index (χ1v) is 6.39. The van der Waals surface area contributed by atoms with E-state index in [9.17, 15) is 14.7 Å². The summed E-state index contributed by atoms with van der Waals surface area (Å²) in [5, 5.41) is 11.8. The van der Waals surface area contributed by atoms with Gasteiger partial charge in [0.15, 0.2) is 0 Å². The molecule has 0 bridgehead atoms. The summed E-state index contributed by atoms with van der Waals surface area (Å²) in [6.07, 6.45) is 1.92. The normalized spacial score (nSPS) is 10.0. The fraction of sp³-hybridized carbons (Fsp3) is 0.429. The van der Waals surface area contributed by atoms with E-state index in [4.69, 9.17) is 4.74 Å². The number of anilines is 1. The van der Waals surface area contributed by atoms with Crippen LogP contribution in [0.2, 0.25) is 0 Å². The number of hydrogen-bond donors (Lipinski definition) is 2. The summed E-state index contributed by atoms with van der Waals surface area (Å²) >= 11 is 0. The van der Waals surface area contributed by atoms with E-state index in [-0.39, 0.29) is 17.9 Å². The summed E-state index contributed by atoms with van der Waals surface area (Å²) in [6, 6.07) is 5.07. The maximum atomic E-state index is 11.4. The quantitative estimate of drug-likeness (QED) is 0.827. The fourth-order valence-electron chi connectivity index (χ4n) is 1.81. The van der Waals surface area contributed by atoms with Gasteiger partial charge in [0.1, 0.15) is 0 Å². The Kier molecular flexibility index (Phi) is 5.85. The molecule has 0 aliphatic rings. The van der Waals surface area contributed by atoms with Gasteiger partial charge in [0.25, 0.3) is 0 Å². The zero-order chi connectivity index (χ0) is 14.3. The van der Waals surface area contributed by atoms with Crippen molar-refractivity contribution in [2.75, 3.05) is 11.9 Å². The van der Waals surface area contributed by atoms with Gasteiger partial charge in [0, 0.05) is 0 Å². The molecule has 5 heteroatoms. The number of carboxylic acid groups (broad SMARTS) is 1. The van der Waals surface area contributed by atoms with Gasteiger partial charge in [0.05, 0.1) is 17.9 Å². The minimum Gasteiger partial charge on any atom is -0.478 e. The van der Waals surface area contributed by atoms with Crippen molar-refractivity contribution >= 4 is 17.7 Å². The number of carboxylic acids is 1. The van der Waals surface area contributed by atoms with Gasteiger partial charge in [-0.15, -0.1) is 0 Å². The van der Waals surface area contributed by atoms with Crippen molar-refractivity contribution in [2.45, 2.75) is 33.1 Å². The molecule has 0 saturated heterocycles. The van der Waals surface area contributed by atoms with Crippen LogP contribution in [0.4, 0.5) is 10.5 Å². The number of nitrogens with one attached hydrogen (secondary N) is 1. The van der Waals surface area contributed by atoms with E-state index in [0.717, 1.165) is 18.4 Å². The highest BCUT2D eigenvalue weighted by molar-refractivity contribution is 6.00. The molecule has 104 valence electrons. The highest BCUT2D eigenvalue weighted by Gasteiger charge is 2.16. The third-order valence-electron chi connectivity index (χ3n) is 2.68. The topological polar surface area (TPSA) is 75.6 Å². The Morgan fingerprint density at radius 1 is 1.32 bits per heavy atom. The fourth-order valence-corrected chi connectivity index (χ4v) is 1.81. The maximum absolute atomic E-state index is 11.4. The number of rotatable bonds is 6. The van der Waals surface area contributed by atoms with E-state index in [1.54, 1.807) is 25.1 Å². The van der Waals surface area contributed by atoms with E-state index >= 15 is 0 Å². The van der Waals surface area contributed by atoms with E-state index < -0.39 is 12.1 Å². The molecule has 0 aliphatic heterocycles. The highest BCUT2D eigenvalue weighted by atomic mass is 16.5. The number of carbonyl (C=O) groups is 2. The van der Waals surface area contributed by atoms with Gasteiger partial charge in [0.2, 0.25) is 0 Å². The molecule has 0 unspecified atom stereocenters. The van der Waals surface area contributed by atoms with E-state index in [2.05, 4.69) is 5.32 Å². The molecule has 5 nitrogen and oxygen atoms in total. The second-order valence-corrected chi connectivity index (χ2v) is 4.09. The largest absolute Gasteiger partial charge is 0.478 e. The smallest absolute Gasteiger partial charge is 0.411 e. The second-order valence-electron chi connectivity index (χ2n) is 4.09. The van der Waals surface area contributed by atoms with Crippen LogP contribution >= 0.6 is 0 Å². The molecule has 0 fully saturated rings. The standard InChI is InChI=1S/C14H19NO4/c1-3-5-7-10-8-6-9-11(12(10)13(16)17)15-14(18)19-4-2/h6,8-9H,3-5,7H2,1-2H3,(H,15,18)(H,16,17). The Labute approximate surface area is 112 Å². The Bertz CT molecular complexity index is 457. The lowest BCUT2D eigenvalue weighted by molar-refractivity contribution is 0.0697. The predicted molar refractivity (Wildman–Crippen MR) is 72.7 cm³/mol. The molecule has 0 aliphatic carbocycles. The van der Waals surface area contributed by atoms with Crippen molar-refractivity contribution in [3.05, 3.63) is 29.3 Å². The van der Waals surface area contributed by atoms with Gasteiger partial charge in [-0.1, -0.05) is 25.5 Å². The van der Waals surface area contributed by atoms with Gasteiger partial charge in [-0.3, -0.25) is 5.32 Å². The van der Waals surface area contributed by atoms with Crippen LogP contribution in [0, 0.1) is 0 Å². The first-order valence-electron chi connectivity index (χ1n) is 6.39. The molecular weight excluding hydrogens is 246 g/mol. The number of aromatic carboxylic acids is 1. The first kappa shape index (κ1) is 15.0. The number of carbonyl (C=O) groups excluding carboxylic acids is 1. The van der Waals surface area contributed by atoms with Crippen LogP contribution < -0.4 is 5.32 Å². The first-order chi connectivity index (χ1) is 9.10. The van der Waals surface area contributed by atoms with Crippen LogP contribution in [0.5, 0.6) is 0 Å². The Hall–Kier alpha value is -2.04. The highest BCUT2D eigenvalue weighted by Crippen LogP contribution is 2.22. The number of aryl methyl sites for hydroxylation is 1. The molecule has 0 heterocycles. The number of amides is 1. The van der Waals surface area contributed by atoms with Crippen molar-refractivity contribution in [3.63, 3.8) is 0 Å². The maximum Gasteiger partial charge on any atom is 0.411 e. The summed E-state index contributed by atoms with van der Waals surface area (Å²) in [7, 11) is 0. The molecule has 0 radical (unpaired) electrons. The molecule has 1 aromatic rings. The lowest BCUT2D eigenvalue weighted by Gasteiger charge is -2.12. The SMILES string of the molecule is CCCCc1cccc(NC(=O)OCC)c1C(=O)O. The van der Waals surface area contributed by atoms with Crippen LogP contribution in [-0.4, -0.2) is 23.8 Å². The lowest BCUT2D eigenvalue weighted by atomic mass is 10.0. The molecule has 1 amide bonds. The van der Waals surface area contributed by atoms with Crippen molar-refractivity contribution in [3.8, 4) is 0 Å². The Morgan fingerprint density at radius 2 is 2.05 bits per heavy atom. The summed E-state index contributed by atoms with van der Waals surface area (Å²) in [6.45, 7) is 3.97. The molecular formula is C14H19NO4. The van der Waals surface area contributed by atoms with Crippen LogP contribution in [0.1, 0.15) is 42.6 Å². The Morgan fingerprint density at radius 3 is 2.63 bits per heavy atom. The van der Waals surface area contributed by atoms with E-state index in [1.165, 1.54) is 0 Å². The van der Waals surface area contributed by atoms with Crippen molar-refractivity contribution < 1.29 is 19.4 Å². The predicted octanol–water partition coefficient (Wildman–Crippen LogP) is 3.30. The molecule has 0 spiro atoms. The number of hydrogen-bond acceptors (Lipinski definition) is 3. The average molecular weight is 265 g/mol. The monoisotopic (exact) mass is 265 g/mol. The van der Waals surface area contributed by atoms with Crippen LogP contribution in [0.15, 0.2) is 18.2 Å². The third kappa shape index (κ3) is 4.28. The van der Waals surface area contributed by atoms with Crippen molar-refractivity contribution in [1.82, 2.24) is 0 Å². The number of benzene rings is 1. The van der Waals surface area contributed by atoms with Gasteiger partial charge < -0.3 is 9.84 Å². The van der Waals surface area contributed by atoms with Crippen LogP contribution in [0.3, 0.4) is 0 Å². The molecule has 2 N–H and O–H groups in total. The molecule has 0 saturated carbocycles. The summed E-state index contributed by atoms with van der Waals surface area (Å²) in [5.41, 5.74) is 1.15. The van der Waals surface area contributed by atoms with Gasteiger partial charge >= 0.3 is 12.1 Å². The molecule has 19 heavy (non-hydrogen) atoms. The molecule has 0 atom stereocenters. The summed E-state index contributed by atoms with van der Waals surface area (Å²) < 4.78 is 4.76. The zero-order valence-electron chi connectivity index (χ0n) is 11.2. The van der Waals surface area contributed by atoms with Gasteiger partial charge in [-0.2, -0.15) is 0 Å². The average Bonchev–Trinajstić information content (AvgIpc) is 2.36. The summed E-state index contributed by atoms with van der Waals surface area (Å²) in [4.78, 5) is 22.7. The van der Waals surface area contributed by atoms with Crippen molar-refractivity contribution in [2.24, 2.45) is 0 Å². The van der Waals surface area contributed by atoms with E-state index in [1.807, 2.05) is 6.92 Å². The second kappa shape index (κ2) is 7.41. The molecule has 1 aromatic carbocycles. The molecule has 1 rings (SSSR count). The van der Waals surface area contributed by atoms with E-state index in [0.29, 0.717) is 6.42 Å². The summed E-state index contributed by atoms with van der Waals surface area (Å²) in [5.74, 6) is -1.04. The van der Waals surface area contributed by atoms with Crippen LogP contribution in [-0.2, 0) is 11.2 Å². The van der Waals surface area contributed by atoms with Crippen molar-refractivity contribution in [1.29, 1.82) is 0 Å². The Balaban J connectivity index is 3.02.